The first-order valence-electron chi connectivity index (χ1n) is 12.6. The van der Waals surface area contributed by atoms with E-state index >= 15 is 0 Å². The summed E-state index contributed by atoms with van der Waals surface area (Å²) in [5.74, 6) is -2.72. The molecule has 218 valence electrons. The van der Waals surface area contributed by atoms with Gasteiger partial charge in [-0.05, 0) is 31.0 Å². The van der Waals surface area contributed by atoms with Crippen LogP contribution in [0.1, 0.15) is 33.8 Å². The van der Waals surface area contributed by atoms with Crippen molar-refractivity contribution in [3.63, 3.8) is 0 Å². The molecule has 10 nitrogen and oxygen atoms in total. The third-order valence-electron chi connectivity index (χ3n) is 6.59. The SMILES string of the molecule is BN(CCOC)Cc1sc(NC(=O)c2cnc(N3CCC(C(=O)O)CC3)cn2)nc1-c1ccc(F)c(C(F)(F)F)c1. The molecular formula is C25H27BF4N6O4S. The van der Waals surface area contributed by atoms with Crippen molar-refractivity contribution < 1.29 is 37.0 Å². The van der Waals surface area contributed by atoms with Gasteiger partial charge in [0.2, 0.25) is 0 Å². The number of thiazole rings is 1. The largest absolute Gasteiger partial charge is 0.481 e. The van der Waals surface area contributed by atoms with Crippen LogP contribution in [0.15, 0.2) is 30.6 Å². The summed E-state index contributed by atoms with van der Waals surface area (Å²) in [6, 6.07) is 2.67. The lowest BCUT2D eigenvalue weighted by Gasteiger charge is -2.30. The molecule has 0 saturated carbocycles. The predicted octanol–water partition coefficient (Wildman–Crippen LogP) is 3.31. The Morgan fingerprint density at radius 3 is 2.59 bits per heavy atom. The Hall–Kier alpha value is -3.63. The quantitative estimate of drug-likeness (QED) is 0.269. The van der Waals surface area contributed by atoms with Crippen molar-refractivity contribution in [1.82, 2.24) is 19.8 Å². The van der Waals surface area contributed by atoms with Crippen molar-refractivity contribution in [3.05, 3.63) is 52.5 Å². The normalized spacial score (nSPS) is 14.4. The standard InChI is InChI=1S/C25H27BF4N6O4S/c1-40-9-8-36(26)13-19-21(15-2-3-17(27)16(10-15)25(28,29)30)33-24(41-19)34-22(37)18-11-32-20(12-31-18)35-6-4-14(5-7-35)23(38)39/h2-3,10-12,14H,4-9,13,26H2,1H3,(H,38,39)(H,33,34,37). The summed E-state index contributed by atoms with van der Waals surface area (Å²) < 4.78 is 59.2. The number of halogens is 4. The number of methoxy groups -OCH3 is 1. The maximum Gasteiger partial charge on any atom is 0.419 e. The van der Waals surface area contributed by atoms with E-state index < -0.39 is 35.4 Å². The number of carbonyl (C=O) groups excluding carboxylic acids is 1. The first-order chi connectivity index (χ1) is 19.5. The number of benzene rings is 1. The Morgan fingerprint density at radius 2 is 1.98 bits per heavy atom. The van der Waals surface area contributed by atoms with Crippen LogP contribution in [0.25, 0.3) is 11.3 Å². The Balaban J connectivity index is 1.54. The van der Waals surface area contributed by atoms with Gasteiger partial charge in [-0.2, -0.15) is 13.2 Å². The molecular weight excluding hydrogens is 567 g/mol. The highest BCUT2D eigenvalue weighted by molar-refractivity contribution is 7.16. The van der Waals surface area contributed by atoms with E-state index in [9.17, 15) is 27.2 Å². The molecule has 0 spiro atoms. The van der Waals surface area contributed by atoms with E-state index in [2.05, 4.69) is 20.3 Å². The van der Waals surface area contributed by atoms with Gasteiger partial charge in [0.05, 0.1) is 36.2 Å². The molecule has 3 aromatic rings. The molecule has 2 aromatic heterocycles. The van der Waals surface area contributed by atoms with Gasteiger partial charge in [0.25, 0.3) is 5.91 Å². The molecule has 1 fully saturated rings. The van der Waals surface area contributed by atoms with E-state index in [1.807, 2.05) is 9.71 Å². The number of rotatable bonds is 10. The Kier molecular flexibility index (Phi) is 9.55. The van der Waals surface area contributed by atoms with Gasteiger partial charge in [0.1, 0.15) is 17.3 Å². The second-order valence-corrected chi connectivity index (χ2v) is 10.6. The minimum atomic E-state index is -4.89. The molecule has 16 heteroatoms. The lowest BCUT2D eigenvalue weighted by atomic mass is 9.97. The molecule has 0 bridgehead atoms. The molecule has 1 aliphatic heterocycles. The number of piperidine rings is 1. The maximum absolute atomic E-state index is 13.9. The summed E-state index contributed by atoms with van der Waals surface area (Å²) in [5, 5.41) is 11.9. The molecule has 0 aliphatic carbocycles. The minimum absolute atomic E-state index is 0.00850. The van der Waals surface area contributed by atoms with E-state index in [-0.39, 0.29) is 28.6 Å². The van der Waals surface area contributed by atoms with Crippen LogP contribution in [-0.4, -0.2) is 78.1 Å². The fraction of sp³-hybridized carbons (Fsp3) is 0.400. The fourth-order valence-electron chi connectivity index (χ4n) is 4.32. The fourth-order valence-corrected chi connectivity index (χ4v) is 5.38. The number of aliphatic carboxylic acids is 1. The molecule has 0 radical (unpaired) electrons. The molecule has 1 saturated heterocycles. The number of carboxylic acids is 1. The number of carbonyl (C=O) groups is 2. The zero-order chi connectivity index (χ0) is 29.7. The van der Waals surface area contributed by atoms with Crippen molar-refractivity contribution in [1.29, 1.82) is 0 Å². The molecule has 4 rings (SSSR count). The summed E-state index contributed by atoms with van der Waals surface area (Å²) in [6.45, 7) is 2.25. The highest BCUT2D eigenvalue weighted by Crippen LogP contribution is 2.37. The molecule has 0 unspecified atom stereocenters. The van der Waals surface area contributed by atoms with E-state index in [1.54, 1.807) is 15.1 Å². The lowest BCUT2D eigenvalue weighted by molar-refractivity contribution is -0.142. The van der Waals surface area contributed by atoms with Crippen molar-refractivity contribution in [2.45, 2.75) is 25.6 Å². The number of ether oxygens (including phenoxy) is 1. The number of hydrogen-bond acceptors (Lipinski definition) is 9. The highest BCUT2D eigenvalue weighted by Gasteiger charge is 2.35. The Labute approximate surface area is 237 Å². The molecule has 1 amide bonds. The van der Waals surface area contributed by atoms with Gasteiger partial charge in [0, 0.05) is 43.7 Å². The summed E-state index contributed by atoms with van der Waals surface area (Å²) in [6.07, 6.45) is -1.21. The Bertz CT molecular complexity index is 1380. The molecule has 41 heavy (non-hydrogen) atoms. The summed E-state index contributed by atoms with van der Waals surface area (Å²) >= 11 is 1.08. The number of carboxylic acid groups (broad SMARTS) is 1. The second kappa shape index (κ2) is 12.9. The monoisotopic (exact) mass is 594 g/mol. The third kappa shape index (κ3) is 7.57. The smallest absolute Gasteiger partial charge is 0.419 e. The third-order valence-corrected chi connectivity index (χ3v) is 7.55. The van der Waals surface area contributed by atoms with Crippen LogP contribution >= 0.6 is 11.3 Å². The number of anilines is 2. The molecule has 3 heterocycles. The van der Waals surface area contributed by atoms with Gasteiger partial charge < -0.3 is 19.6 Å². The number of alkyl halides is 3. The zero-order valence-electron chi connectivity index (χ0n) is 22.2. The lowest BCUT2D eigenvalue weighted by Crippen LogP contribution is -2.36. The van der Waals surface area contributed by atoms with E-state index in [1.165, 1.54) is 18.5 Å². The number of nitrogens with zero attached hydrogens (tertiary/aromatic N) is 5. The number of hydrogen-bond donors (Lipinski definition) is 2. The van der Waals surface area contributed by atoms with Crippen LogP contribution in [0.4, 0.5) is 28.5 Å². The molecule has 1 aromatic carbocycles. The Morgan fingerprint density at radius 1 is 1.24 bits per heavy atom. The van der Waals surface area contributed by atoms with E-state index in [0.717, 1.165) is 17.4 Å². The van der Waals surface area contributed by atoms with Crippen molar-refractivity contribution >= 4 is 42.1 Å². The molecule has 1 aliphatic rings. The van der Waals surface area contributed by atoms with Crippen molar-refractivity contribution in [2.24, 2.45) is 5.92 Å². The average molecular weight is 594 g/mol. The van der Waals surface area contributed by atoms with Crippen LogP contribution in [0.3, 0.4) is 0 Å². The van der Waals surface area contributed by atoms with Crippen molar-refractivity contribution in [3.8, 4) is 11.3 Å². The van der Waals surface area contributed by atoms with Gasteiger partial charge in [0.15, 0.2) is 13.1 Å². The number of aromatic nitrogens is 3. The zero-order valence-corrected chi connectivity index (χ0v) is 23.1. The van der Waals surface area contributed by atoms with Gasteiger partial charge in [-0.3, -0.25) is 14.9 Å². The van der Waals surface area contributed by atoms with Crippen LogP contribution in [0.2, 0.25) is 0 Å². The van der Waals surface area contributed by atoms with Gasteiger partial charge in [-0.25, -0.2) is 19.3 Å². The van der Waals surface area contributed by atoms with Gasteiger partial charge >= 0.3 is 12.1 Å². The second-order valence-electron chi connectivity index (χ2n) is 9.53. The van der Waals surface area contributed by atoms with Crippen LogP contribution in [0, 0.1) is 11.7 Å². The summed E-state index contributed by atoms with van der Waals surface area (Å²) in [5.41, 5.74) is -1.17. The topological polar surface area (TPSA) is 121 Å². The first kappa shape index (κ1) is 30.3. The van der Waals surface area contributed by atoms with Gasteiger partial charge in [-0.1, -0.05) is 11.3 Å². The molecule has 2 N–H and O–H groups in total. The molecule has 0 atom stereocenters. The number of amides is 1. The van der Waals surface area contributed by atoms with Crippen LogP contribution in [0.5, 0.6) is 0 Å². The maximum atomic E-state index is 13.9. The van der Waals surface area contributed by atoms with Crippen molar-refractivity contribution in [2.75, 3.05) is 43.6 Å². The average Bonchev–Trinajstić information content (AvgIpc) is 3.33. The first-order valence-corrected chi connectivity index (χ1v) is 13.4. The number of nitrogens with one attached hydrogen (secondary N) is 1. The van der Waals surface area contributed by atoms with Crippen LogP contribution < -0.4 is 10.2 Å². The predicted molar refractivity (Wildman–Crippen MR) is 146 cm³/mol. The summed E-state index contributed by atoms with van der Waals surface area (Å²) in [7, 11) is 3.35. The van der Waals surface area contributed by atoms with E-state index in [4.69, 9.17) is 9.84 Å². The minimum Gasteiger partial charge on any atom is -0.481 e. The van der Waals surface area contributed by atoms with Crippen LogP contribution in [-0.2, 0) is 22.3 Å². The highest BCUT2D eigenvalue weighted by atomic mass is 32.1. The van der Waals surface area contributed by atoms with Gasteiger partial charge in [-0.15, -0.1) is 0 Å². The summed E-state index contributed by atoms with van der Waals surface area (Å²) in [4.78, 5) is 41.3. The van der Waals surface area contributed by atoms with E-state index in [0.29, 0.717) is 55.8 Å².